The van der Waals surface area contributed by atoms with Gasteiger partial charge in [0.05, 0.1) is 0 Å². The molecule has 104 valence electrons. The van der Waals surface area contributed by atoms with Gasteiger partial charge in [-0.3, -0.25) is 9.69 Å². The fraction of sp³-hybridized carbons (Fsp3) is 0.562. The third-order valence-corrected chi connectivity index (χ3v) is 4.53. The van der Waals surface area contributed by atoms with Crippen LogP contribution in [0.25, 0.3) is 0 Å². The number of benzene rings is 1. The van der Waals surface area contributed by atoms with Crippen LogP contribution in [0.2, 0.25) is 0 Å². The number of carbonyl (C=O) groups is 1. The van der Waals surface area contributed by atoms with E-state index >= 15 is 0 Å². The monoisotopic (exact) mass is 261 g/mol. The van der Waals surface area contributed by atoms with Gasteiger partial charge in [0.2, 0.25) is 0 Å². The quantitative estimate of drug-likeness (QED) is 0.909. The zero-order valence-electron chi connectivity index (χ0n) is 12.3. The van der Waals surface area contributed by atoms with Crippen molar-refractivity contribution in [3.63, 3.8) is 0 Å². The average Bonchev–Trinajstić information content (AvgIpc) is 2.80. The van der Waals surface area contributed by atoms with Gasteiger partial charge in [-0.05, 0) is 74.9 Å². The van der Waals surface area contributed by atoms with Crippen LogP contribution in [0, 0.1) is 27.7 Å². The first-order valence-electron chi connectivity index (χ1n) is 6.95. The van der Waals surface area contributed by atoms with Gasteiger partial charge >= 0.3 is 5.97 Å². The Hall–Kier alpha value is -1.35. The Morgan fingerprint density at radius 3 is 2.37 bits per heavy atom. The van der Waals surface area contributed by atoms with Gasteiger partial charge in [0.1, 0.15) is 6.04 Å². The van der Waals surface area contributed by atoms with Crippen molar-refractivity contribution >= 4 is 5.97 Å². The van der Waals surface area contributed by atoms with Crippen molar-refractivity contribution in [1.82, 2.24) is 4.90 Å². The molecule has 1 N–H and O–H groups in total. The van der Waals surface area contributed by atoms with E-state index in [1.807, 2.05) is 0 Å². The van der Waals surface area contributed by atoms with E-state index in [0.29, 0.717) is 0 Å². The first-order chi connectivity index (χ1) is 8.91. The summed E-state index contributed by atoms with van der Waals surface area (Å²) in [5.41, 5.74) is 6.51. The molecule has 0 aromatic heterocycles. The maximum atomic E-state index is 11.3. The third-order valence-electron chi connectivity index (χ3n) is 4.53. The van der Waals surface area contributed by atoms with E-state index in [1.54, 1.807) is 0 Å². The number of hydrogen-bond acceptors (Lipinski definition) is 2. The number of likely N-dealkylation sites (tertiary alicyclic amines) is 1. The van der Waals surface area contributed by atoms with Gasteiger partial charge in [-0.1, -0.05) is 6.07 Å². The van der Waals surface area contributed by atoms with E-state index in [0.717, 1.165) is 25.9 Å². The summed E-state index contributed by atoms with van der Waals surface area (Å²) in [5, 5.41) is 9.27. The molecule has 19 heavy (non-hydrogen) atoms. The van der Waals surface area contributed by atoms with Crippen molar-refractivity contribution in [3.8, 4) is 0 Å². The standard InChI is InChI=1S/C16H23NO2/c1-10-8-11(2)13(4)14(12(10)3)9-17-7-5-6-15(17)16(18)19/h8,15H,5-7,9H2,1-4H3,(H,18,19). The van der Waals surface area contributed by atoms with Crippen LogP contribution in [-0.2, 0) is 11.3 Å². The maximum Gasteiger partial charge on any atom is 0.320 e. The molecule has 0 radical (unpaired) electrons. The molecule has 1 aromatic rings. The Balaban J connectivity index is 2.31. The lowest BCUT2D eigenvalue weighted by Gasteiger charge is -2.24. The van der Waals surface area contributed by atoms with Crippen LogP contribution in [0.1, 0.15) is 40.7 Å². The van der Waals surface area contributed by atoms with Crippen LogP contribution in [0.4, 0.5) is 0 Å². The maximum absolute atomic E-state index is 11.3. The van der Waals surface area contributed by atoms with Gasteiger partial charge in [-0.15, -0.1) is 0 Å². The highest BCUT2D eigenvalue weighted by Crippen LogP contribution is 2.26. The van der Waals surface area contributed by atoms with E-state index < -0.39 is 5.97 Å². The number of carboxylic acids is 1. The molecule has 3 heteroatoms. The van der Waals surface area contributed by atoms with Gasteiger partial charge in [0.15, 0.2) is 0 Å². The number of rotatable bonds is 3. The Bertz CT molecular complexity index is 482. The predicted octanol–water partition coefficient (Wildman–Crippen LogP) is 2.97. The minimum atomic E-state index is -0.683. The molecule has 0 amide bonds. The minimum absolute atomic E-state index is 0.306. The summed E-state index contributed by atoms with van der Waals surface area (Å²) in [6.45, 7) is 10.2. The third kappa shape index (κ3) is 2.66. The summed E-state index contributed by atoms with van der Waals surface area (Å²) in [5.74, 6) is -0.683. The highest BCUT2D eigenvalue weighted by Gasteiger charge is 2.30. The van der Waals surface area contributed by atoms with E-state index in [1.165, 1.54) is 27.8 Å². The Morgan fingerprint density at radius 2 is 1.84 bits per heavy atom. The van der Waals surface area contributed by atoms with E-state index in [2.05, 4.69) is 38.7 Å². The second-order valence-electron chi connectivity index (χ2n) is 5.71. The molecule has 1 atom stereocenters. The SMILES string of the molecule is Cc1cc(C)c(C)c(CN2CCCC2C(=O)O)c1C. The lowest BCUT2D eigenvalue weighted by molar-refractivity contribution is -0.142. The molecule has 3 nitrogen and oxygen atoms in total. The molecule has 0 saturated carbocycles. The molecule has 1 heterocycles. The summed E-state index contributed by atoms with van der Waals surface area (Å²) in [6.07, 6.45) is 1.76. The van der Waals surface area contributed by atoms with Crippen LogP contribution in [0.5, 0.6) is 0 Å². The van der Waals surface area contributed by atoms with Crippen LogP contribution in [0.3, 0.4) is 0 Å². The number of carboxylic acid groups (broad SMARTS) is 1. The van der Waals surface area contributed by atoms with E-state index in [9.17, 15) is 9.90 Å². The summed E-state index contributed by atoms with van der Waals surface area (Å²) in [7, 11) is 0. The number of hydrogen-bond donors (Lipinski definition) is 1. The molecular weight excluding hydrogens is 238 g/mol. The fourth-order valence-electron chi connectivity index (χ4n) is 3.03. The zero-order chi connectivity index (χ0) is 14.2. The van der Waals surface area contributed by atoms with Crippen molar-refractivity contribution in [1.29, 1.82) is 0 Å². The fourth-order valence-corrected chi connectivity index (χ4v) is 3.03. The first kappa shape index (κ1) is 14.1. The molecule has 2 rings (SSSR count). The van der Waals surface area contributed by atoms with Gasteiger partial charge in [0, 0.05) is 6.54 Å². The molecule has 1 aromatic carbocycles. The minimum Gasteiger partial charge on any atom is -0.480 e. The predicted molar refractivity (Wildman–Crippen MR) is 76.5 cm³/mol. The molecule has 0 spiro atoms. The van der Waals surface area contributed by atoms with Gasteiger partial charge in [-0.2, -0.15) is 0 Å². The molecule has 0 bridgehead atoms. The van der Waals surface area contributed by atoms with Crippen molar-refractivity contribution in [2.45, 2.75) is 53.1 Å². The van der Waals surface area contributed by atoms with E-state index in [-0.39, 0.29) is 6.04 Å². The molecular formula is C16H23NO2. The van der Waals surface area contributed by atoms with Crippen LogP contribution in [-0.4, -0.2) is 28.6 Å². The molecule has 1 saturated heterocycles. The summed E-state index contributed by atoms with van der Waals surface area (Å²) in [6, 6.07) is 1.91. The average molecular weight is 261 g/mol. The van der Waals surface area contributed by atoms with Gasteiger partial charge < -0.3 is 5.11 Å². The highest BCUT2D eigenvalue weighted by atomic mass is 16.4. The van der Waals surface area contributed by atoms with Crippen molar-refractivity contribution in [2.24, 2.45) is 0 Å². The zero-order valence-corrected chi connectivity index (χ0v) is 12.3. The van der Waals surface area contributed by atoms with Gasteiger partial charge in [-0.25, -0.2) is 0 Å². The normalized spacial score (nSPS) is 19.9. The number of aryl methyl sites for hydroxylation is 2. The molecule has 1 fully saturated rings. The van der Waals surface area contributed by atoms with Crippen molar-refractivity contribution < 1.29 is 9.90 Å². The Morgan fingerprint density at radius 1 is 1.26 bits per heavy atom. The topological polar surface area (TPSA) is 40.5 Å². The Kier molecular flexibility index (Phi) is 3.95. The van der Waals surface area contributed by atoms with Crippen molar-refractivity contribution in [2.75, 3.05) is 6.54 Å². The molecule has 1 unspecified atom stereocenters. The highest BCUT2D eigenvalue weighted by molar-refractivity contribution is 5.73. The van der Waals surface area contributed by atoms with Gasteiger partial charge in [0.25, 0.3) is 0 Å². The van der Waals surface area contributed by atoms with Crippen molar-refractivity contribution in [3.05, 3.63) is 33.9 Å². The lowest BCUT2D eigenvalue weighted by Crippen LogP contribution is -2.35. The van der Waals surface area contributed by atoms with Crippen LogP contribution in [0.15, 0.2) is 6.07 Å². The summed E-state index contributed by atoms with van der Waals surface area (Å²) in [4.78, 5) is 13.4. The van der Waals surface area contributed by atoms with E-state index in [4.69, 9.17) is 0 Å². The second kappa shape index (κ2) is 5.33. The number of nitrogens with zero attached hydrogens (tertiary/aromatic N) is 1. The number of aliphatic carboxylic acids is 1. The molecule has 1 aliphatic heterocycles. The molecule has 0 aliphatic carbocycles. The lowest BCUT2D eigenvalue weighted by atomic mass is 9.94. The van der Waals surface area contributed by atoms with Crippen LogP contribution < -0.4 is 0 Å². The Labute approximate surface area is 115 Å². The smallest absolute Gasteiger partial charge is 0.320 e. The van der Waals surface area contributed by atoms with Crippen LogP contribution >= 0.6 is 0 Å². The molecule has 1 aliphatic rings. The summed E-state index contributed by atoms with van der Waals surface area (Å²) >= 11 is 0. The first-order valence-corrected chi connectivity index (χ1v) is 6.95. The summed E-state index contributed by atoms with van der Waals surface area (Å²) < 4.78 is 0. The largest absolute Gasteiger partial charge is 0.480 e. The second-order valence-corrected chi connectivity index (χ2v) is 5.71.